The summed E-state index contributed by atoms with van der Waals surface area (Å²) in [5.41, 5.74) is 7.56. The zero-order valence-electron chi connectivity index (χ0n) is 20.2. The van der Waals surface area contributed by atoms with Gasteiger partial charge in [0.1, 0.15) is 5.82 Å². The van der Waals surface area contributed by atoms with Gasteiger partial charge in [0.15, 0.2) is 5.69 Å². The van der Waals surface area contributed by atoms with Gasteiger partial charge in [-0.05, 0) is 18.1 Å². The molecule has 36 heavy (non-hydrogen) atoms. The molecule has 9 nitrogen and oxygen atoms in total. The van der Waals surface area contributed by atoms with Crippen molar-refractivity contribution in [2.45, 2.75) is 32.7 Å². The first-order chi connectivity index (χ1) is 17.3. The van der Waals surface area contributed by atoms with E-state index in [1.807, 2.05) is 49.4 Å². The summed E-state index contributed by atoms with van der Waals surface area (Å²) in [5.74, 6) is -0.662. The number of rotatable bonds is 9. The van der Waals surface area contributed by atoms with E-state index in [0.717, 1.165) is 17.5 Å². The number of hydrogen-bond acceptors (Lipinski definition) is 5. The van der Waals surface area contributed by atoms with Crippen molar-refractivity contribution in [3.8, 4) is 0 Å². The Morgan fingerprint density at radius 3 is 2.36 bits per heavy atom. The van der Waals surface area contributed by atoms with Gasteiger partial charge in [-0.2, -0.15) is 0 Å². The largest absolute Gasteiger partial charge is 0.383 e. The molecule has 1 aliphatic heterocycles. The molecule has 0 aliphatic carbocycles. The second-order valence-corrected chi connectivity index (χ2v) is 8.66. The van der Waals surface area contributed by atoms with E-state index in [4.69, 9.17) is 5.73 Å². The van der Waals surface area contributed by atoms with Crippen LogP contribution in [0, 0.1) is 0 Å². The molecule has 3 N–H and O–H groups in total. The van der Waals surface area contributed by atoms with Crippen molar-refractivity contribution in [2.24, 2.45) is 0 Å². The van der Waals surface area contributed by atoms with E-state index in [1.54, 1.807) is 12.1 Å². The number of carbonyl (C=O) groups is 2. The Labute approximate surface area is 208 Å². The predicted molar refractivity (Wildman–Crippen MR) is 140 cm³/mol. The van der Waals surface area contributed by atoms with Gasteiger partial charge in [-0.1, -0.05) is 68.5 Å². The molecule has 1 aromatic heterocycles. The predicted octanol–water partition coefficient (Wildman–Crippen LogP) is 2.82. The maximum atomic E-state index is 13.4. The van der Waals surface area contributed by atoms with Crippen molar-refractivity contribution < 1.29 is 9.59 Å². The second kappa shape index (κ2) is 10.5. The molecule has 0 saturated carbocycles. The average Bonchev–Trinajstić information content (AvgIpc) is 3.12. The van der Waals surface area contributed by atoms with Gasteiger partial charge in [-0.25, -0.2) is 4.79 Å². The number of nitrogens with zero attached hydrogens (tertiary/aromatic N) is 3. The van der Waals surface area contributed by atoms with Crippen molar-refractivity contribution in [3.63, 3.8) is 0 Å². The normalized spacial score (nSPS) is 12.6. The van der Waals surface area contributed by atoms with Crippen molar-refractivity contribution >= 4 is 29.0 Å². The minimum Gasteiger partial charge on any atom is -0.383 e. The first-order valence-electron chi connectivity index (χ1n) is 11.9. The van der Waals surface area contributed by atoms with Crippen molar-refractivity contribution in [1.29, 1.82) is 0 Å². The molecule has 0 radical (unpaired) electrons. The number of nitrogens with two attached hydrogens (primary N) is 1. The third-order valence-corrected chi connectivity index (χ3v) is 6.29. The Morgan fingerprint density at radius 1 is 1.03 bits per heavy atom. The molecule has 186 valence electrons. The van der Waals surface area contributed by atoms with E-state index in [9.17, 15) is 19.2 Å². The molecule has 3 aromatic rings. The van der Waals surface area contributed by atoms with Crippen LogP contribution in [0.4, 0.5) is 11.5 Å². The zero-order chi connectivity index (χ0) is 25.8. The Balaban J connectivity index is 1.61. The number of amides is 2. The summed E-state index contributed by atoms with van der Waals surface area (Å²) in [5, 5.41) is 0. The van der Waals surface area contributed by atoms with Crippen LogP contribution in [0.15, 0.2) is 70.8 Å². The van der Waals surface area contributed by atoms with Gasteiger partial charge in [0.05, 0.1) is 6.54 Å². The SMILES string of the molecule is C=C1c2ccccc2C(=O)N1CCC(=O)N(CCCC)c1c(N)n(Cc2ccccc2)c(=O)[nH]c1=O. The zero-order valence-corrected chi connectivity index (χ0v) is 20.2. The van der Waals surface area contributed by atoms with Crippen LogP contribution in [0.5, 0.6) is 0 Å². The Hall–Kier alpha value is -4.40. The summed E-state index contributed by atoms with van der Waals surface area (Å²) in [6.07, 6.45) is 1.37. The van der Waals surface area contributed by atoms with Gasteiger partial charge < -0.3 is 15.5 Å². The highest BCUT2D eigenvalue weighted by Crippen LogP contribution is 2.31. The van der Waals surface area contributed by atoms with Crippen molar-refractivity contribution in [3.05, 3.63) is 98.7 Å². The molecule has 0 atom stereocenters. The van der Waals surface area contributed by atoms with E-state index in [-0.39, 0.29) is 49.4 Å². The third-order valence-electron chi connectivity index (χ3n) is 6.29. The summed E-state index contributed by atoms with van der Waals surface area (Å²) in [7, 11) is 0. The molecule has 0 saturated heterocycles. The molecule has 2 heterocycles. The number of fused-ring (bicyclic) bond motifs is 1. The van der Waals surface area contributed by atoms with Gasteiger partial charge >= 0.3 is 5.69 Å². The topological polar surface area (TPSA) is 121 Å². The van der Waals surface area contributed by atoms with E-state index in [0.29, 0.717) is 17.7 Å². The molecule has 0 fully saturated rings. The quantitative estimate of drug-likeness (QED) is 0.481. The number of benzene rings is 2. The van der Waals surface area contributed by atoms with Crippen LogP contribution in [0.3, 0.4) is 0 Å². The van der Waals surface area contributed by atoms with E-state index < -0.39 is 11.2 Å². The maximum absolute atomic E-state index is 13.4. The molecule has 0 unspecified atom stereocenters. The highest BCUT2D eigenvalue weighted by atomic mass is 16.2. The van der Waals surface area contributed by atoms with Gasteiger partial charge in [0.25, 0.3) is 11.5 Å². The third kappa shape index (κ3) is 4.72. The fourth-order valence-electron chi connectivity index (χ4n) is 4.35. The Kier molecular flexibility index (Phi) is 7.19. The highest BCUT2D eigenvalue weighted by molar-refractivity contribution is 6.09. The minimum absolute atomic E-state index is 0.0425. The number of hydrogen-bond donors (Lipinski definition) is 2. The minimum atomic E-state index is -0.722. The summed E-state index contributed by atoms with van der Waals surface area (Å²) in [6.45, 7) is 6.49. The van der Waals surface area contributed by atoms with Crippen LogP contribution in [-0.2, 0) is 11.3 Å². The smallest absolute Gasteiger partial charge is 0.330 e. The Morgan fingerprint density at radius 2 is 1.69 bits per heavy atom. The van der Waals surface area contributed by atoms with Crippen LogP contribution >= 0.6 is 0 Å². The number of carbonyl (C=O) groups excluding carboxylic acids is 2. The van der Waals surface area contributed by atoms with Crippen molar-refractivity contribution in [1.82, 2.24) is 14.5 Å². The van der Waals surface area contributed by atoms with Crippen LogP contribution in [-0.4, -0.2) is 39.4 Å². The molecule has 0 bridgehead atoms. The lowest BCUT2D eigenvalue weighted by Crippen LogP contribution is -2.42. The number of aromatic amines is 1. The molecule has 0 spiro atoms. The molecule has 2 amide bonds. The standard InChI is InChI=1S/C27H29N5O4/c1-3-4-15-31(22(33)14-16-30-18(2)20-12-8-9-13-21(20)26(30)35)23-24(28)32(27(36)29-25(23)34)17-19-10-6-5-7-11-19/h5-13H,2-4,14-17,28H2,1H3,(H,29,34,36). The summed E-state index contributed by atoms with van der Waals surface area (Å²) < 4.78 is 1.25. The van der Waals surface area contributed by atoms with Crippen LogP contribution in [0.25, 0.3) is 5.70 Å². The van der Waals surface area contributed by atoms with Gasteiger partial charge in [-0.15, -0.1) is 0 Å². The fraction of sp³-hybridized carbons (Fsp3) is 0.259. The fourth-order valence-corrected chi connectivity index (χ4v) is 4.35. The van der Waals surface area contributed by atoms with E-state index in [2.05, 4.69) is 11.6 Å². The molecular weight excluding hydrogens is 458 g/mol. The molecule has 2 aromatic carbocycles. The molecule has 1 aliphatic rings. The lowest BCUT2D eigenvalue weighted by Gasteiger charge is -2.26. The van der Waals surface area contributed by atoms with Crippen LogP contribution in [0.2, 0.25) is 0 Å². The van der Waals surface area contributed by atoms with Gasteiger partial charge in [-0.3, -0.25) is 23.9 Å². The number of nitrogen functional groups attached to an aromatic ring is 1. The number of unbranched alkanes of at least 4 members (excludes halogenated alkanes) is 1. The van der Waals surface area contributed by atoms with E-state index >= 15 is 0 Å². The number of anilines is 2. The first-order valence-corrected chi connectivity index (χ1v) is 11.9. The monoisotopic (exact) mass is 487 g/mol. The summed E-state index contributed by atoms with van der Waals surface area (Å²) >= 11 is 0. The lowest BCUT2D eigenvalue weighted by atomic mass is 10.1. The lowest BCUT2D eigenvalue weighted by molar-refractivity contribution is -0.118. The molecular formula is C27H29N5O4. The number of aromatic nitrogens is 2. The average molecular weight is 488 g/mol. The summed E-state index contributed by atoms with van der Waals surface area (Å²) in [6, 6.07) is 16.4. The maximum Gasteiger partial charge on any atom is 0.330 e. The van der Waals surface area contributed by atoms with Gasteiger partial charge in [0.2, 0.25) is 5.91 Å². The molecule has 4 rings (SSSR count). The van der Waals surface area contributed by atoms with E-state index in [1.165, 1.54) is 14.4 Å². The van der Waals surface area contributed by atoms with Gasteiger partial charge in [0, 0.05) is 36.3 Å². The van der Waals surface area contributed by atoms with Crippen molar-refractivity contribution in [2.75, 3.05) is 23.7 Å². The van der Waals surface area contributed by atoms with Crippen LogP contribution in [0.1, 0.15) is 47.7 Å². The summed E-state index contributed by atoms with van der Waals surface area (Å²) in [4.78, 5) is 56.8. The number of nitrogens with one attached hydrogen (secondary N) is 1. The highest BCUT2D eigenvalue weighted by Gasteiger charge is 2.32. The first kappa shape index (κ1) is 24.7. The Bertz CT molecular complexity index is 1390. The van der Waals surface area contributed by atoms with Crippen LogP contribution < -0.4 is 21.9 Å². The second-order valence-electron chi connectivity index (χ2n) is 8.66. The molecule has 9 heteroatoms. The number of H-pyrrole nitrogens is 1.